The van der Waals surface area contributed by atoms with Gasteiger partial charge in [0.1, 0.15) is 5.82 Å². The average molecular weight is 287 g/mol. The molecule has 2 amide bonds. The molecule has 2 aromatic rings. The highest BCUT2D eigenvalue weighted by molar-refractivity contribution is 6.08. The lowest BCUT2D eigenvalue weighted by Gasteiger charge is -2.11. The highest BCUT2D eigenvalue weighted by Crippen LogP contribution is 2.19. The van der Waals surface area contributed by atoms with Gasteiger partial charge in [0, 0.05) is 11.4 Å². The fraction of sp³-hybridized carbons (Fsp3) is 0.0667. The van der Waals surface area contributed by atoms with E-state index in [1.807, 2.05) is 0 Å². The van der Waals surface area contributed by atoms with Crippen LogP contribution in [0.5, 0.6) is 0 Å². The minimum atomic E-state index is -0.556. The number of amides is 2. The van der Waals surface area contributed by atoms with Gasteiger partial charge in [-0.25, -0.2) is 4.39 Å². The second kappa shape index (κ2) is 6.04. The molecule has 0 heterocycles. The summed E-state index contributed by atoms with van der Waals surface area (Å²) in [6.07, 6.45) is -0.00487. The Morgan fingerprint density at radius 3 is 2.57 bits per heavy atom. The first-order valence-corrected chi connectivity index (χ1v) is 6.20. The fourth-order valence-corrected chi connectivity index (χ4v) is 1.90. The van der Waals surface area contributed by atoms with Crippen molar-refractivity contribution in [1.29, 1.82) is 0 Å². The van der Waals surface area contributed by atoms with Crippen LogP contribution in [0.15, 0.2) is 42.5 Å². The zero-order valence-corrected chi connectivity index (χ0v) is 11.1. The molecule has 0 aromatic heterocycles. The summed E-state index contributed by atoms with van der Waals surface area (Å²) in [6.45, 7) is 0. The van der Waals surface area contributed by atoms with E-state index >= 15 is 0 Å². The van der Waals surface area contributed by atoms with Gasteiger partial charge in [-0.1, -0.05) is 18.2 Å². The van der Waals surface area contributed by atoms with E-state index < -0.39 is 17.6 Å². The van der Waals surface area contributed by atoms with Crippen molar-refractivity contribution < 1.29 is 14.0 Å². The standard InChI is InChI=1S/C15H14FN3O2/c16-10-5-6-12(17)11(8-10)15(21)19-13-4-2-1-3-9(13)7-14(18)20/h1-6,8H,7,17H2,(H2,18,20)(H,19,21). The van der Waals surface area contributed by atoms with Crippen LogP contribution < -0.4 is 16.8 Å². The van der Waals surface area contributed by atoms with E-state index in [9.17, 15) is 14.0 Å². The zero-order chi connectivity index (χ0) is 15.4. The van der Waals surface area contributed by atoms with Gasteiger partial charge in [-0.15, -0.1) is 0 Å². The van der Waals surface area contributed by atoms with Crippen LogP contribution in [0.2, 0.25) is 0 Å². The lowest BCUT2D eigenvalue weighted by atomic mass is 10.1. The van der Waals surface area contributed by atoms with E-state index in [1.165, 1.54) is 12.1 Å². The molecule has 0 fully saturated rings. The van der Waals surface area contributed by atoms with Crippen molar-refractivity contribution in [2.75, 3.05) is 11.1 Å². The number of nitrogen functional groups attached to an aromatic ring is 1. The van der Waals surface area contributed by atoms with Gasteiger partial charge in [-0.2, -0.15) is 0 Å². The van der Waals surface area contributed by atoms with Crippen molar-refractivity contribution in [3.8, 4) is 0 Å². The molecule has 0 saturated heterocycles. The van der Waals surface area contributed by atoms with Crippen LogP contribution in [0.25, 0.3) is 0 Å². The predicted molar refractivity (Wildman–Crippen MR) is 78.1 cm³/mol. The third kappa shape index (κ3) is 3.56. The zero-order valence-electron chi connectivity index (χ0n) is 11.1. The molecule has 2 rings (SSSR count). The molecule has 0 aliphatic carbocycles. The number of nitrogens with one attached hydrogen (secondary N) is 1. The molecule has 0 aliphatic heterocycles. The van der Waals surface area contributed by atoms with Gasteiger partial charge in [-0.05, 0) is 29.8 Å². The Kier molecular flexibility index (Phi) is 4.18. The monoisotopic (exact) mass is 287 g/mol. The Morgan fingerprint density at radius 1 is 1.14 bits per heavy atom. The van der Waals surface area contributed by atoms with Crippen LogP contribution in [-0.2, 0) is 11.2 Å². The summed E-state index contributed by atoms with van der Waals surface area (Å²) in [7, 11) is 0. The van der Waals surface area contributed by atoms with Gasteiger partial charge >= 0.3 is 0 Å². The number of hydrogen-bond acceptors (Lipinski definition) is 3. The van der Waals surface area contributed by atoms with Gasteiger partial charge in [0.05, 0.1) is 12.0 Å². The number of carbonyl (C=O) groups is 2. The van der Waals surface area contributed by atoms with Gasteiger partial charge in [0.15, 0.2) is 0 Å². The van der Waals surface area contributed by atoms with Crippen LogP contribution >= 0.6 is 0 Å². The number of rotatable bonds is 4. The van der Waals surface area contributed by atoms with Crippen LogP contribution in [0.3, 0.4) is 0 Å². The van der Waals surface area contributed by atoms with Gasteiger partial charge in [0.25, 0.3) is 5.91 Å². The van der Waals surface area contributed by atoms with E-state index in [1.54, 1.807) is 24.3 Å². The van der Waals surface area contributed by atoms with E-state index in [-0.39, 0.29) is 17.7 Å². The molecule has 0 atom stereocenters. The fourth-order valence-electron chi connectivity index (χ4n) is 1.90. The molecular formula is C15H14FN3O2. The number of benzene rings is 2. The third-order valence-corrected chi connectivity index (χ3v) is 2.89. The van der Waals surface area contributed by atoms with Crippen molar-refractivity contribution in [3.05, 3.63) is 59.4 Å². The normalized spacial score (nSPS) is 10.1. The smallest absolute Gasteiger partial charge is 0.257 e. The van der Waals surface area contributed by atoms with Gasteiger partial charge in [0.2, 0.25) is 5.91 Å². The molecule has 2 aromatic carbocycles. The molecule has 0 aliphatic rings. The van der Waals surface area contributed by atoms with E-state index in [4.69, 9.17) is 11.5 Å². The first kappa shape index (κ1) is 14.5. The molecule has 6 heteroatoms. The molecule has 0 unspecified atom stereocenters. The van der Waals surface area contributed by atoms with E-state index in [0.717, 1.165) is 6.07 Å². The molecule has 21 heavy (non-hydrogen) atoms. The number of carbonyl (C=O) groups excluding carboxylic acids is 2. The Labute approximate surface area is 120 Å². The van der Waals surface area contributed by atoms with Crippen molar-refractivity contribution in [3.63, 3.8) is 0 Å². The second-order valence-corrected chi connectivity index (χ2v) is 4.49. The van der Waals surface area contributed by atoms with Crippen molar-refractivity contribution in [1.82, 2.24) is 0 Å². The highest BCUT2D eigenvalue weighted by Gasteiger charge is 2.13. The number of nitrogens with two attached hydrogens (primary N) is 2. The lowest BCUT2D eigenvalue weighted by molar-refractivity contribution is -0.117. The van der Waals surface area contributed by atoms with Crippen molar-refractivity contribution in [2.24, 2.45) is 5.73 Å². The maximum absolute atomic E-state index is 13.2. The lowest BCUT2D eigenvalue weighted by Crippen LogP contribution is -2.18. The largest absolute Gasteiger partial charge is 0.398 e. The summed E-state index contributed by atoms with van der Waals surface area (Å²) in [6, 6.07) is 10.3. The second-order valence-electron chi connectivity index (χ2n) is 4.49. The number of para-hydroxylation sites is 1. The van der Waals surface area contributed by atoms with Crippen LogP contribution in [0.1, 0.15) is 15.9 Å². The Balaban J connectivity index is 2.27. The summed E-state index contributed by atoms with van der Waals surface area (Å²) in [4.78, 5) is 23.2. The highest BCUT2D eigenvalue weighted by atomic mass is 19.1. The molecule has 5 N–H and O–H groups in total. The maximum atomic E-state index is 13.2. The summed E-state index contributed by atoms with van der Waals surface area (Å²) < 4.78 is 13.2. The third-order valence-electron chi connectivity index (χ3n) is 2.89. The maximum Gasteiger partial charge on any atom is 0.257 e. The van der Waals surface area contributed by atoms with E-state index in [2.05, 4.69) is 5.32 Å². The van der Waals surface area contributed by atoms with Crippen LogP contribution in [0.4, 0.5) is 15.8 Å². The minimum absolute atomic E-state index is 0.00487. The first-order valence-electron chi connectivity index (χ1n) is 6.20. The molecule has 0 saturated carbocycles. The van der Waals surface area contributed by atoms with Crippen LogP contribution in [0, 0.1) is 5.82 Å². The van der Waals surface area contributed by atoms with Crippen LogP contribution in [-0.4, -0.2) is 11.8 Å². The SMILES string of the molecule is NC(=O)Cc1ccccc1NC(=O)c1cc(F)ccc1N. The summed E-state index contributed by atoms with van der Waals surface area (Å²) in [5.41, 5.74) is 12.0. The number of primary amides is 1. The van der Waals surface area contributed by atoms with Gasteiger partial charge in [-0.3, -0.25) is 9.59 Å². The number of anilines is 2. The topological polar surface area (TPSA) is 98.2 Å². The molecule has 0 spiro atoms. The summed E-state index contributed by atoms with van der Waals surface area (Å²) in [5.74, 6) is -1.62. The molecule has 108 valence electrons. The number of halogens is 1. The van der Waals surface area contributed by atoms with Crippen molar-refractivity contribution in [2.45, 2.75) is 6.42 Å². The molecule has 0 bridgehead atoms. The van der Waals surface area contributed by atoms with E-state index in [0.29, 0.717) is 11.3 Å². The molecule has 0 radical (unpaired) electrons. The predicted octanol–water partition coefficient (Wildman–Crippen LogP) is 1.69. The average Bonchev–Trinajstić information content (AvgIpc) is 2.43. The Bertz CT molecular complexity index is 701. The van der Waals surface area contributed by atoms with Crippen molar-refractivity contribution >= 4 is 23.2 Å². The van der Waals surface area contributed by atoms with Gasteiger partial charge < -0.3 is 16.8 Å². The quantitative estimate of drug-likeness (QED) is 0.746. The first-order chi connectivity index (χ1) is 9.97. The number of hydrogen-bond donors (Lipinski definition) is 3. The Hall–Kier alpha value is -2.89. The summed E-state index contributed by atoms with van der Waals surface area (Å²) >= 11 is 0. The molecule has 5 nitrogen and oxygen atoms in total. The molecular weight excluding hydrogens is 273 g/mol. The Morgan fingerprint density at radius 2 is 1.86 bits per heavy atom. The minimum Gasteiger partial charge on any atom is -0.398 e. The summed E-state index contributed by atoms with van der Waals surface area (Å²) in [5, 5.41) is 2.61.